The van der Waals surface area contributed by atoms with Crippen LogP contribution in [0.1, 0.15) is 0 Å². The number of pyridine rings is 1. The van der Waals surface area contributed by atoms with Crippen LogP contribution in [0.4, 0.5) is 0 Å². The van der Waals surface area contributed by atoms with Crippen molar-refractivity contribution in [3.8, 4) is 22.9 Å². The van der Waals surface area contributed by atoms with Gasteiger partial charge >= 0.3 is 0 Å². The first kappa shape index (κ1) is 28.7. The zero-order valence-electron chi connectivity index (χ0n) is 27.9. The van der Waals surface area contributed by atoms with Gasteiger partial charge in [-0.2, -0.15) is 0 Å². The minimum atomic E-state index is -0.0646. The second-order valence-corrected chi connectivity index (χ2v) is 13.3. The Morgan fingerprint density at radius 3 is 1.69 bits per heavy atom. The van der Waals surface area contributed by atoms with Crippen molar-refractivity contribution in [3.63, 3.8) is 0 Å². The lowest BCUT2D eigenvalue weighted by Crippen LogP contribution is -2.19. The van der Waals surface area contributed by atoms with E-state index in [2.05, 4.69) is 108 Å². The first-order valence-electron chi connectivity index (χ1n) is 17.5. The van der Waals surface area contributed by atoms with Crippen LogP contribution in [-0.4, -0.2) is 19.1 Å². The van der Waals surface area contributed by atoms with Crippen molar-refractivity contribution in [2.75, 3.05) is 0 Å². The third-order valence-corrected chi connectivity index (χ3v) is 10.5. The summed E-state index contributed by atoms with van der Waals surface area (Å²) in [7, 11) is 0. The summed E-state index contributed by atoms with van der Waals surface area (Å²) in [6, 6.07) is 58.0. The topological polar surface area (TPSA) is 52.7 Å². The number of fused-ring (bicyclic) bond motifs is 13. The van der Waals surface area contributed by atoms with E-state index in [1.165, 1.54) is 0 Å². The molecule has 0 saturated carbocycles. The maximum Gasteiger partial charge on any atom is 0.264 e. The molecule has 0 aliphatic heterocycles. The van der Waals surface area contributed by atoms with Gasteiger partial charge in [-0.05, 0) is 46.5 Å². The standard InChI is InChI=1S/C47H28N4O/c52-46-42-34-22-10-9-21-33(34)40-35-23-11-14-26-39(35)51(45(40)41(42)36-24-12-13-25-38(36)50(46)31-18-5-2-6-19-31)47-48-43(30-16-3-1-4-17-30)37-28-27-29-15-7-8-20-32(29)44(37)49-47/h1-28H. The Balaban J connectivity index is 1.42. The van der Waals surface area contributed by atoms with Crippen LogP contribution in [0.2, 0.25) is 0 Å². The van der Waals surface area contributed by atoms with Crippen molar-refractivity contribution in [2.24, 2.45) is 0 Å². The molecule has 8 aromatic carbocycles. The maximum absolute atomic E-state index is 15.1. The van der Waals surface area contributed by atoms with Gasteiger partial charge < -0.3 is 0 Å². The average molecular weight is 665 g/mol. The minimum absolute atomic E-state index is 0.0646. The molecule has 0 bridgehead atoms. The van der Waals surface area contributed by atoms with Gasteiger partial charge in [0.05, 0.1) is 33.1 Å². The molecular formula is C47H28N4O. The van der Waals surface area contributed by atoms with Crippen molar-refractivity contribution in [1.82, 2.24) is 19.1 Å². The highest BCUT2D eigenvalue weighted by molar-refractivity contribution is 6.36. The molecule has 0 aliphatic carbocycles. The number of para-hydroxylation sites is 3. The fraction of sp³-hybridized carbons (Fsp3) is 0. The molecule has 3 heterocycles. The van der Waals surface area contributed by atoms with Gasteiger partial charge in [0.2, 0.25) is 5.95 Å². The van der Waals surface area contributed by atoms with Crippen LogP contribution in [0, 0.1) is 0 Å². The fourth-order valence-corrected chi connectivity index (χ4v) is 8.32. The fourth-order valence-electron chi connectivity index (χ4n) is 8.32. The molecule has 11 aromatic rings. The zero-order chi connectivity index (χ0) is 34.3. The minimum Gasteiger partial charge on any atom is -0.277 e. The molecule has 0 saturated heterocycles. The molecule has 0 amide bonds. The van der Waals surface area contributed by atoms with Gasteiger partial charge in [-0.25, -0.2) is 9.97 Å². The van der Waals surface area contributed by atoms with E-state index < -0.39 is 0 Å². The van der Waals surface area contributed by atoms with Crippen LogP contribution in [0.5, 0.6) is 0 Å². The van der Waals surface area contributed by atoms with E-state index in [1.54, 1.807) is 0 Å². The number of benzene rings is 8. The van der Waals surface area contributed by atoms with Gasteiger partial charge in [0.15, 0.2) is 0 Å². The molecule has 0 radical (unpaired) electrons. The number of aromatic nitrogens is 4. The first-order chi connectivity index (χ1) is 25.8. The Hall–Kier alpha value is -7.11. The highest BCUT2D eigenvalue weighted by Gasteiger charge is 2.25. The van der Waals surface area contributed by atoms with E-state index in [0.29, 0.717) is 11.3 Å². The van der Waals surface area contributed by atoms with Crippen molar-refractivity contribution < 1.29 is 0 Å². The molecule has 52 heavy (non-hydrogen) atoms. The third kappa shape index (κ3) is 3.96. The summed E-state index contributed by atoms with van der Waals surface area (Å²) in [5.41, 5.74) is 6.26. The van der Waals surface area contributed by atoms with E-state index in [-0.39, 0.29) is 5.56 Å². The van der Waals surface area contributed by atoms with Crippen LogP contribution < -0.4 is 5.56 Å². The van der Waals surface area contributed by atoms with Crippen LogP contribution in [-0.2, 0) is 0 Å². The predicted molar refractivity (Wildman–Crippen MR) is 215 cm³/mol. The monoisotopic (exact) mass is 664 g/mol. The molecule has 0 unspecified atom stereocenters. The molecule has 0 N–H and O–H groups in total. The van der Waals surface area contributed by atoms with Crippen LogP contribution in [0.15, 0.2) is 175 Å². The Labute approximate surface area is 297 Å². The van der Waals surface area contributed by atoms with E-state index >= 15 is 4.79 Å². The van der Waals surface area contributed by atoms with Gasteiger partial charge in [0, 0.05) is 43.6 Å². The van der Waals surface area contributed by atoms with Crippen molar-refractivity contribution in [3.05, 3.63) is 180 Å². The largest absolute Gasteiger partial charge is 0.277 e. The Morgan fingerprint density at radius 1 is 0.404 bits per heavy atom. The molecule has 11 rings (SSSR count). The highest BCUT2D eigenvalue weighted by atomic mass is 16.1. The van der Waals surface area contributed by atoms with Gasteiger partial charge in [-0.15, -0.1) is 0 Å². The molecular weight excluding hydrogens is 637 g/mol. The second kappa shape index (κ2) is 10.9. The number of hydrogen-bond acceptors (Lipinski definition) is 3. The van der Waals surface area contributed by atoms with E-state index in [1.807, 2.05) is 71.3 Å². The quantitative estimate of drug-likeness (QED) is 0.177. The Bertz CT molecular complexity index is 3310. The van der Waals surface area contributed by atoms with E-state index in [9.17, 15) is 0 Å². The lowest BCUT2D eigenvalue weighted by atomic mass is 9.95. The molecule has 5 heteroatoms. The maximum atomic E-state index is 15.1. The summed E-state index contributed by atoms with van der Waals surface area (Å²) in [6.45, 7) is 0. The first-order valence-corrected chi connectivity index (χ1v) is 17.5. The summed E-state index contributed by atoms with van der Waals surface area (Å²) >= 11 is 0. The lowest BCUT2D eigenvalue weighted by molar-refractivity contribution is 1.02. The van der Waals surface area contributed by atoms with Crippen LogP contribution in [0.25, 0.3) is 98.8 Å². The molecule has 242 valence electrons. The second-order valence-electron chi connectivity index (χ2n) is 13.3. The molecule has 0 aliphatic rings. The van der Waals surface area contributed by atoms with Gasteiger partial charge in [-0.3, -0.25) is 13.9 Å². The van der Waals surface area contributed by atoms with Crippen molar-refractivity contribution >= 4 is 75.9 Å². The average Bonchev–Trinajstić information content (AvgIpc) is 3.56. The predicted octanol–water partition coefficient (Wildman–Crippen LogP) is 11.2. The van der Waals surface area contributed by atoms with Crippen LogP contribution >= 0.6 is 0 Å². The summed E-state index contributed by atoms with van der Waals surface area (Å²) in [5, 5.41) is 9.79. The summed E-state index contributed by atoms with van der Waals surface area (Å²) in [5.74, 6) is 0.557. The van der Waals surface area contributed by atoms with Gasteiger partial charge in [0.1, 0.15) is 0 Å². The SMILES string of the molecule is O=c1c2c3ccccc3c3c4ccccc4n(-c4nc(-c5ccccc5)c5ccc6ccccc6c5n4)c3c2c2ccccc2n1-c1ccccc1. The van der Waals surface area contributed by atoms with E-state index in [4.69, 9.17) is 9.97 Å². The number of hydrogen-bond donors (Lipinski definition) is 0. The zero-order valence-corrected chi connectivity index (χ0v) is 27.9. The number of rotatable bonds is 3. The number of nitrogens with zero attached hydrogens (tertiary/aromatic N) is 4. The molecule has 3 aromatic heterocycles. The normalized spacial score (nSPS) is 11.9. The van der Waals surface area contributed by atoms with Crippen LogP contribution in [0.3, 0.4) is 0 Å². The smallest absolute Gasteiger partial charge is 0.264 e. The van der Waals surface area contributed by atoms with E-state index in [0.717, 1.165) is 87.5 Å². The van der Waals surface area contributed by atoms with Crippen molar-refractivity contribution in [2.45, 2.75) is 0 Å². The third-order valence-electron chi connectivity index (χ3n) is 10.5. The summed E-state index contributed by atoms with van der Waals surface area (Å²) in [6.07, 6.45) is 0. The molecule has 0 spiro atoms. The Morgan fingerprint density at radius 2 is 0.962 bits per heavy atom. The Kier molecular flexibility index (Phi) is 6.04. The van der Waals surface area contributed by atoms with Crippen molar-refractivity contribution in [1.29, 1.82) is 0 Å². The summed E-state index contributed by atoms with van der Waals surface area (Å²) < 4.78 is 4.06. The van der Waals surface area contributed by atoms with Gasteiger partial charge in [-0.1, -0.05) is 140 Å². The lowest BCUT2D eigenvalue weighted by Gasteiger charge is -2.18. The molecule has 0 fully saturated rings. The molecule has 5 nitrogen and oxygen atoms in total. The van der Waals surface area contributed by atoms with Gasteiger partial charge in [0.25, 0.3) is 5.56 Å². The highest BCUT2D eigenvalue weighted by Crippen LogP contribution is 2.44. The molecule has 0 atom stereocenters. The summed E-state index contributed by atoms with van der Waals surface area (Å²) in [4.78, 5) is 26.0.